The Labute approximate surface area is 206 Å². The number of fused-ring (bicyclic) bond motifs is 1. The fourth-order valence-corrected chi connectivity index (χ4v) is 6.20. The van der Waals surface area contributed by atoms with Crippen molar-refractivity contribution in [3.63, 3.8) is 0 Å². The van der Waals surface area contributed by atoms with Gasteiger partial charge < -0.3 is 24.6 Å². The first-order valence-corrected chi connectivity index (χ1v) is 13.3. The molecule has 1 amide bonds. The van der Waals surface area contributed by atoms with Gasteiger partial charge in [0.25, 0.3) is 0 Å². The molecule has 4 rings (SSSR count). The number of rotatable bonds is 7. The molecule has 9 nitrogen and oxygen atoms in total. The summed E-state index contributed by atoms with van der Waals surface area (Å²) in [5.74, 6) is 1.07. The maximum atomic E-state index is 13.7. The quantitative estimate of drug-likeness (QED) is 0.595. The number of sulfonamides is 1. The first kappa shape index (κ1) is 25.6. The minimum atomic E-state index is -3.94. The molecule has 2 aromatic rings. The molecule has 35 heavy (non-hydrogen) atoms. The van der Waals surface area contributed by atoms with Crippen molar-refractivity contribution >= 4 is 15.9 Å². The van der Waals surface area contributed by atoms with Crippen molar-refractivity contribution in [2.75, 3.05) is 26.3 Å². The zero-order valence-corrected chi connectivity index (χ0v) is 20.5. The van der Waals surface area contributed by atoms with Crippen molar-refractivity contribution in [2.45, 2.75) is 55.4 Å². The summed E-state index contributed by atoms with van der Waals surface area (Å²) in [5.41, 5.74) is 0. The van der Waals surface area contributed by atoms with Gasteiger partial charge in [-0.05, 0) is 56.2 Å². The van der Waals surface area contributed by atoms with Crippen LogP contribution in [0.2, 0.25) is 0 Å². The van der Waals surface area contributed by atoms with Crippen LogP contribution in [0.25, 0.3) is 0 Å². The monoisotopic (exact) mass is 504 g/mol. The van der Waals surface area contributed by atoms with Crippen LogP contribution in [-0.2, 0) is 24.3 Å². The highest BCUT2D eigenvalue weighted by molar-refractivity contribution is 7.89. The lowest BCUT2D eigenvalue weighted by molar-refractivity contribution is -0.146. The molecule has 0 saturated carbocycles. The van der Waals surface area contributed by atoms with Crippen LogP contribution in [0.5, 0.6) is 11.5 Å². The third-order valence-electron chi connectivity index (χ3n) is 6.13. The van der Waals surface area contributed by atoms with Crippen LogP contribution in [0, 0.1) is 0 Å². The van der Waals surface area contributed by atoms with Gasteiger partial charge in [-0.3, -0.25) is 4.79 Å². The molecule has 2 saturated heterocycles. The highest BCUT2D eigenvalue weighted by Gasteiger charge is 2.43. The van der Waals surface area contributed by atoms with Crippen LogP contribution in [0.1, 0.15) is 26.2 Å². The van der Waals surface area contributed by atoms with E-state index in [9.17, 15) is 18.3 Å². The van der Waals surface area contributed by atoms with Crippen molar-refractivity contribution in [1.29, 1.82) is 0 Å². The number of aliphatic hydroxyl groups excluding tert-OH is 1. The molecule has 2 fully saturated rings. The molecule has 2 aromatic carbocycles. The first-order valence-electron chi connectivity index (χ1n) is 11.9. The van der Waals surface area contributed by atoms with Gasteiger partial charge in [-0.2, -0.15) is 4.31 Å². The van der Waals surface area contributed by atoms with Gasteiger partial charge in [-0.1, -0.05) is 18.2 Å². The molecule has 0 radical (unpaired) electrons. The molecular weight excluding hydrogens is 472 g/mol. The van der Waals surface area contributed by atoms with E-state index in [1.165, 1.54) is 16.4 Å². The van der Waals surface area contributed by atoms with Crippen LogP contribution in [0.3, 0.4) is 0 Å². The lowest BCUT2D eigenvalue weighted by atomic mass is 9.96. The second kappa shape index (κ2) is 11.5. The van der Waals surface area contributed by atoms with Crippen molar-refractivity contribution < 1.29 is 32.5 Å². The number of aliphatic hydroxyl groups is 1. The summed E-state index contributed by atoms with van der Waals surface area (Å²) in [6, 6.07) is 15.0. The molecule has 0 unspecified atom stereocenters. The van der Waals surface area contributed by atoms with Gasteiger partial charge in [0.05, 0.1) is 48.9 Å². The smallest absolute Gasteiger partial charge is 0.243 e. The Kier molecular flexibility index (Phi) is 8.40. The summed E-state index contributed by atoms with van der Waals surface area (Å²) in [4.78, 5) is 12.1. The molecule has 0 spiro atoms. The van der Waals surface area contributed by atoms with E-state index in [4.69, 9.17) is 14.2 Å². The first-order chi connectivity index (χ1) is 16.9. The average Bonchev–Trinajstić information content (AvgIpc) is 2.83. The van der Waals surface area contributed by atoms with E-state index in [0.29, 0.717) is 30.9 Å². The lowest BCUT2D eigenvalue weighted by Gasteiger charge is -2.43. The van der Waals surface area contributed by atoms with Crippen molar-refractivity contribution in [1.82, 2.24) is 9.62 Å². The van der Waals surface area contributed by atoms with E-state index in [0.717, 1.165) is 0 Å². The number of β-amino-alcohol motifs (C(OH)–C–C–N with tert-alkyl or cyclic N) is 1. The number of hydrogen-bond donors (Lipinski definition) is 2. The Morgan fingerprint density at radius 2 is 1.80 bits per heavy atom. The third kappa shape index (κ3) is 6.39. The minimum absolute atomic E-state index is 0.00341. The normalized spacial score (nSPS) is 25.7. The van der Waals surface area contributed by atoms with Gasteiger partial charge in [0.1, 0.15) is 11.5 Å². The molecule has 190 valence electrons. The number of nitrogens with one attached hydrogen (secondary N) is 1. The summed E-state index contributed by atoms with van der Waals surface area (Å²) < 4.78 is 46.2. The summed E-state index contributed by atoms with van der Waals surface area (Å²) in [6.07, 6.45) is -0.556. The predicted octanol–water partition coefficient (Wildman–Crippen LogP) is 2.30. The Hall–Kier alpha value is -2.50. The van der Waals surface area contributed by atoms with Gasteiger partial charge in [-0.25, -0.2) is 8.42 Å². The maximum absolute atomic E-state index is 13.7. The van der Waals surface area contributed by atoms with E-state index in [1.807, 2.05) is 37.3 Å². The summed E-state index contributed by atoms with van der Waals surface area (Å²) in [6.45, 7) is 2.44. The number of nitrogens with zero attached hydrogens (tertiary/aromatic N) is 1. The summed E-state index contributed by atoms with van der Waals surface area (Å²) >= 11 is 0. The molecular formula is C25H32N2O7S. The van der Waals surface area contributed by atoms with Crippen molar-refractivity contribution in [2.24, 2.45) is 0 Å². The Morgan fingerprint density at radius 1 is 1.09 bits per heavy atom. The van der Waals surface area contributed by atoms with E-state index < -0.39 is 28.3 Å². The minimum Gasteiger partial charge on any atom is -0.457 e. The number of hydrogen-bond acceptors (Lipinski definition) is 7. The zero-order chi connectivity index (χ0) is 24.8. The van der Waals surface area contributed by atoms with Crippen LogP contribution in [0.4, 0.5) is 0 Å². The number of carbonyl (C=O) groups excluding carboxylic acids is 1. The van der Waals surface area contributed by atoms with Crippen molar-refractivity contribution in [3.05, 3.63) is 54.6 Å². The maximum Gasteiger partial charge on any atom is 0.243 e. The summed E-state index contributed by atoms with van der Waals surface area (Å²) in [5, 5.41) is 13.1. The van der Waals surface area contributed by atoms with E-state index in [1.54, 1.807) is 12.1 Å². The van der Waals surface area contributed by atoms with Crippen LogP contribution in [0.15, 0.2) is 59.5 Å². The van der Waals surface area contributed by atoms with Gasteiger partial charge in [-0.15, -0.1) is 0 Å². The molecule has 0 bridgehead atoms. The van der Waals surface area contributed by atoms with Gasteiger partial charge in [0.15, 0.2) is 0 Å². The van der Waals surface area contributed by atoms with Gasteiger partial charge in [0, 0.05) is 13.1 Å². The summed E-state index contributed by atoms with van der Waals surface area (Å²) in [7, 11) is -3.94. The molecule has 0 aliphatic carbocycles. The number of carbonyl (C=O) groups is 1. The van der Waals surface area contributed by atoms with Crippen molar-refractivity contribution in [3.8, 4) is 11.5 Å². The largest absolute Gasteiger partial charge is 0.457 e. The molecule has 2 heterocycles. The number of ether oxygens (including phenoxy) is 3. The molecule has 2 aliphatic heterocycles. The molecule has 2 N–H and O–H groups in total. The van der Waals surface area contributed by atoms with E-state index in [2.05, 4.69) is 5.32 Å². The fraction of sp³-hybridized carbons (Fsp3) is 0.480. The van der Waals surface area contributed by atoms with Crippen LogP contribution < -0.4 is 10.1 Å². The van der Waals surface area contributed by atoms with Gasteiger partial charge >= 0.3 is 0 Å². The SMILES string of the molecule is CCNC(=O)C[C@H]1CC[C@@H]2[C@H](COC[C@H](O)CN2S(=O)(=O)c2ccc(Oc3ccccc3)cc2)O1. The standard InChI is InChI=1S/C25H32N2O7S/c1-2-26-25(29)14-21-10-13-23-24(34-21)17-32-16-18(28)15-27(23)35(30,31)22-11-8-20(9-12-22)33-19-6-4-3-5-7-19/h3-9,11-12,18,21,23-24,28H,2,10,13-17H2,1H3,(H,26,29)/t18-,21-,23-,24+/m1/s1. The fourth-order valence-electron chi connectivity index (χ4n) is 4.49. The van der Waals surface area contributed by atoms with Gasteiger partial charge in [0.2, 0.25) is 15.9 Å². The Bertz CT molecular complexity index is 1080. The lowest BCUT2D eigenvalue weighted by Crippen LogP contribution is -2.57. The number of para-hydroxylation sites is 1. The Morgan fingerprint density at radius 3 is 2.51 bits per heavy atom. The number of benzene rings is 2. The second-order valence-electron chi connectivity index (χ2n) is 8.75. The number of amides is 1. The zero-order valence-electron chi connectivity index (χ0n) is 19.7. The highest BCUT2D eigenvalue weighted by Crippen LogP contribution is 2.32. The van der Waals surface area contributed by atoms with E-state index in [-0.39, 0.29) is 43.1 Å². The van der Waals surface area contributed by atoms with E-state index >= 15 is 0 Å². The molecule has 0 aromatic heterocycles. The molecule has 10 heteroatoms. The average molecular weight is 505 g/mol. The predicted molar refractivity (Wildman–Crippen MR) is 129 cm³/mol. The topological polar surface area (TPSA) is 114 Å². The van der Waals surface area contributed by atoms with Crippen LogP contribution >= 0.6 is 0 Å². The van der Waals surface area contributed by atoms with Crippen LogP contribution in [-0.4, -0.2) is 74.4 Å². The molecule has 2 aliphatic rings. The second-order valence-corrected chi connectivity index (χ2v) is 10.6. The Balaban J connectivity index is 1.52. The third-order valence-corrected chi connectivity index (χ3v) is 8.04. The highest BCUT2D eigenvalue weighted by atomic mass is 32.2. The molecule has 4 atom stereocenters.